The van der Waals surface area contributed by atoms with Crippen LogP contribution in [-0.4, -0.2) is 7.85 Å². The van der Waals surface area contributed by atoms with Crippen LogP contribution in [0.15, 0.2) is 140 Å². The molecular formula is C39H23B. The van der Waals surface area contributed by atoms with E-state index in [1.807, 2.05) is 0 Å². The van der Waals surface area contributed by atoms with E-state index in [-0.39, 0.29) is 5.41 Å². The van der Waals surface area contributed by atoms with E-state index in [9.17, 15) is 0 Å². The fraction of sp³-hybridized carbons (Fsp3) is 0.0256. The first kappa shape index (κ1) is 22.0. The number of rotatable bonds is 1. The second-order valence-electron chi connectivity index (χ2n) is 11.0. The van der Waals surface area contributed by atoms with E-state index >= 15 is 0 Å². The third-order valence-electron chi connectivity index (χ3n) is 9.26. The van der Waals surface area contributed by atoms with Gasteiger partial charge in [-0.1, -0.05) is 139 Å². The third-order valence-corrected chi connectivity index (χ3v) is 9.26. The van der Waals surface area contributed by atoms with E-state index in [2.05, 4.69) is 140 Å². The van der Waals surface area contributed by atoms with Crippen LogP contribution < -0.4 is 5.46 Å². The molecule has 0 atom stereocenters. The summed E-state index contributed by atoms with van der Waals surface area (Å²) in [6, 6.07) is 51.2. The number of fused-ring (bicyclic) bond motifs is 12. The average Bonchev–Trinajstić information content (AvgIpc) is 3.49. The summed E-state index contributed by atoms with van der Waals surface area (Å²) in [7, 11) is 6.75. The van der Waals surface area contributed by atoms with Gasteiger partial charge in [-0.15, -0.1) is 0 Å². The Balaban J connectivity index is 1.44. The molecule has 0 nitrogen and oxygen atoms in total. The van der Waals surface area contributed by atoms with Crippen LogP contribution in [0.1, 0.15) is 22.3 Å². The first-order chi connectivity index (χ1) is 19.8. The van der Waals surface area contributed by atoms with Crippen LogP contribution in [0.4, 0.5) is 0 Å². The molecule has 1 spiro atoms. The summed E-state index contributed by atoms with van der Waals surface area (Å²) >= 11 is 0. The maximum absolute atomic E-state index is 6.75. The Bertz CT molecular complexity index is 2060. The van der Waals surface area contributed by atoms with Gasteiger partial charge in [-0.3, -0.25) is 0 Å². The summed E-state index contributed by atoms with van der Waals surface area (Å²) in [6.45, 7) is 0. The molecule has 2 radical (unpaired) electrons. The molecule has 0 aliphatic heterocycles. The van der Waals surface area contributed by atoms with Gasteiger partial charge in [0.25, 0.3) is 0 Å². The normalized spacial score (nSPS) is 13.8. The highest BCUT2D eigenvalue weighted by Gasteiger charge is 2.51. The minimum Gasteiger partial charge on any atom is -0.0812 e. The molecule has 0 heterocycles. The van der Waals surface area contributed by atoms with Crippen LogP contribution in [0.25, 0.3) is 54.9 Å². The van der Waals surface area contributed by atoms with Crippen molar-refractivity contribution in [1.82, 2.24) is 0 Å². The van der Waals surface area contributed by atoms with Crippen molar-refractivity contribution in [2.24, 2.45) is 0 Å². The first-order valence-corrected chi connectivity index (χ1v) is 13.9. The van der Waals surface area contributed by atoms with E-state index in [1.165, 1.54) is 66.4 Å². The van der Waals surface area contributed by atoms with Crippen molar-refractivity contribution < 1.29 is 0 Å². The zero-order valence-electron chi connectivity index (χ0n) is 21.9. The highest BCUT2D eigenvalue weighted by atomic mass is 14.5. The average molecular weight is 502 g/mol. The Morgan fingerprint density at radius 1 is 0.375 bits per heavy atom. The quantitative estimate of drug-likeness (QED) is 0.155. The second kappa shape index (κ2) is 7.84. The molecule has 182 valence electrons. The van der Waals surface area contributed by atoms with Crippen LogP contribution in [0.5, 0.6) is 0 Å². The third kappa shape index (κ3) is 2.58. The molecule has 0 N–H and O–H groups in total. The summed E-state index contributed by atoms with van der Waals surface area (Å²) < 4.78 is 0. The molecule has 7 aromatic rings. The Labute approximate surface area is 235 Å². The van der Waals surface area contributed by atoms with Crippen molar-refractivity contribution in [3.05, 3.63) is 162 Å². The molecule has 0 saturated heterocycles. The predicted octanol–water partition coefficient (Wildman–Crippen LogP) is 8.80. The molecule has 7 aromatic carbocycles. The Morgan fingerprint density at radius 3 is 1.27 bits per heavy atom. The van der Waals surface area contributed by atoms with E-state index in [1.54, 1.807) is 0 Å². The maximum Gasteiger partial charge on any atom is 0.115 e. The van der Waals surface area contributed by atoms with Crippen LogP contribution in [0.2, 0.25) is 0 Å². The maximum atomic E-state index is 6.75. The van der Waals surface area contributed by atoms with Crippen molar-refractivity contribution in [2.75, 3.05) is 0 Å². The Hall–Kier alpha value is -4.88. The van der Waals surface area contributed by atoms with E-state index in [4.69, 9.17) is 7.85 Å². The fourth-order valence-corrected chi connectivity index (χ4v) is 7.72. The number of hydrogen-bond acceptors (Lipinski definition) is 0. The van der Waals surface area contributed by atoms with E-state index < -0.39 is 0 Å². The zero-order chi connectivity index (χ0) is 26.4. The summed E-state index contributed by atoms with van der Waals surface area (Å²) in [4.78, 5) is 0. The minimum absolute atomic E-state index is 0.353. The molecular weight excluding hydrogens is 479 g/mol. The van der Waals surface area contributed by atoms with Crippen LogP contribution >= 0.6 is 0 Å². The predicted molar refractivity (Wildman–Crippen MR) is 169 cm³/mol. The molecule has 1 heteroatoms. The van der Waals surface area contributed by atoms with Gasteiger partial charge in [-0.05, 0) is 83.2 Å². The Kier molecular flexibility index (Phi) is 4.31. The molecule has 9 rings (SSSR count). The molecule has 40 heavy (non-hydrogen) atoms. The lowest BCUT2D eigenvalue weighted by molar-refractivity contribution is 0.794. The van der Waals surface area contributed by atoms with Gasteiger partial charge in [-0.25, -0.2) is 0 Å². The van der Waals surface area contributed by atoms with Crippen molar-refractivity contribution in [1.29, 1.82) is 0 Å². The van der Waals surface area contributed by atoms with Crippen molar-refractivity contribution in [3.63, 3.8) is 0 Å². The SMILES string of the molecule is [B]c1c2ccccc2c(-c2ccc3c(c2)C2(c4ccccc4-c4ccccc42)c2ccccc2-3)c2ccccc12. The van der Waals surface area contributed by atoms with E-state index in [0.717, 1.165) is 16.2 Å². The molecule has 0 saturated carbocycles. The summed E-state index contributed by atoms with van der Waals surface area (Å²) in [5, 5.41) is 4.59. The van der Waals surface area contributed by atoms with Gasteiger partial charge in [0.2, 0.25) is 0 Å². The number of hydrogen-bond donors (Lipinski definition) is 0. The van der Waals surface area contributed by atoms with Gasteiger partial charge < -0.3 is 0 Å². The summed E-state index contributed by atoms with van der Waals surface area (Å²) in [5.74, 6) is 0. The lowest BCUT2D eigenvalue weighted by Gasteiger charge is -2.30. The van der Waals surface area contributed by atoms with Crippen molar-refractivity contribution in [2.45, 2.75) is 5.41 Å². The van der Waals surface area contributed by atoms with E-state index in [0.29, 0.717) is 0 Å². The van der Waals surface area contributed by atoms with Crippen molar-refractivity contribution >= 4 is 34.9 Å². The van der Waals surface area contributed by atoms with Crippen LogP contribution in [-0.2, 0) is 5.41 Å². The largest absolute Gasteiger partial charge is 0.115 e. The number of benzene rings is 7. The molecule has 0 amide bonds. The topological polar surface area (TPSA) is 0 Å². The van der Waals surface area contributed by atoms with Gasteiger partial charge in [0.05, 0.1) is 5.41 Å². The van der Waals surface area contributed by atoms with Gasteiger partial charge in [0.15, 0.2) is 0 Å². The fourth-order valence-electron chi connectivity index (χ4n) is 7.72. The van der Waals surface area contributed by atoms with Gasteiger partial charge in [-0.2, -0.15) is 0 Å². The highest BCUT2D eigenvalue weighted by Crippen LogP contribution is 2.63. The lowest BCUT2D eigenvalue weighted by Crippen LogP contribution is -2.25. The van der Waals surface area contributed by atoms with Gasteiger partial charge >= 0.3 is 0 Å². The van der Waals surface area contributed by atoms with Crippen molar-refractivity contribution in [3.8, 4) is 33.4 Å². The highest BCUT2D eigenvalue weighted by molar-refractivity contribution is 6.46. The standard InChI is InChI=1S/C39H23B/c40-38-31-16-3-1-14-29(31)37(30-15-2-4-17-32(30)38)24-21-22-28-27-13-7-10-20-35(27)39(36(28)23-24)33-18-8-5-11-25(33)26-12-6-9-19-34(26)39/h1-23H. The van der Waals surface area contributed by atoms with Crippen LogP contribution in [0.3, 0.4) is 0 Å². The molecule has 2 aliphatic carbocycles. The first-order valence-electron chi connectivity index (χ1n) is 13.9. The minimum atomic E-state index is -0.353. The van der Waals surface area contributed by atoms with Crippen LogP contribution in [0, 0.1) is 0 Å². The van der Waals surface area contributed by atoms with Gasteiger partial charge in [0, 0.05) is 0 Å². The lowest BCUT2D eigenvalue weighted by atomic mass is 9.70. The van der Waals surface area contributed by atoms with Gasteiger partial charge in [0.1, 0.15) is 7.85 Å². The smallest absolute Gasteiger partial charge is 0.0812 e. The Morgan fingerprint density at radius 2 is 0.775 bits per heavy atom. The summed E-state index contributed by atoms with van der Waals surface area (Å²) in [5.41, 5.74) is 13.7. The second-order valence-corrected chi connectivity index (χ2v) is 11.0. The zero-order valence-corrected chi connectivity index (χ0v) is 21.9. The molecule has 0 unspecified atom stereocenters. The molecule has 0 bridgehead atoms. The molecule has 0 fully saturated rings. The molecule has 0 aromatic heterocycles. The molecule has 2 aliphatic rings. The summed E-state index contributed by atoms with van der Waals surface area (Å²) in [6.07, 6.45) is 0. The monoisotopic (exact) mass is 502 g/mol.